The Bertz CT molecular complexity index is 958. The van der Waals surface area contributed by atoms with Gasteiger partial charge >= 0.3 is 0 Å². The number of benzene rings is 2. The van der Waals surface area contributed by atoms with Crippen LogP contribution < -0.4 is 5.32 Å². The molecule has 7 nitrogen and oxygen atoms in total. The standard InChI is InChI=1S/C18H15Cl2N5O2/c1-24(9-17(26)23-13-4-7-15(19)16(20)8-13)18(27)12-2-5-14(6-3-12)25-11-21-10-22-25/h2-8,10-11H,9H2,1H3,(H,23,26). The summed E-state index contributed by atoms with van der Waals surface area (Å²) < 4.78 is 1.59. The second kappa shape index (κ2) is 8.20. The lowest BCUT2D eigenvalue weighted by atomic mass is 10.2. The van der Waals surface area contributed by atoms with E-state index in [0.29, 0.717) is 21.3 Å². The number of anilines is 1. The number of hydrogen-bond acceptors (Lipinski definition) is 4. The van der Waals surface area contributed by atoms with Crippen LogP contribution in [-0.4, -0.2) is 45.1 Å². The van der Waals surface area contributed by atoms with Gasteiger partial charge in [-0.3, -0.25) is 9.59 Å². The van der Waals surface area contributed by atoms with E-state index in [2.05, 4.69) is 15.4 Å². The Hall–Kier alpha value is -2.90. The zero-order chi connectivity index (χ0) is 19.4. The maximum atomic E-state index is 12.5. The van der Waals surface area contributed by atoms with Gasteiger partial charge in [0.15, 0.2) is 0 Å². The minimum Gasteiger partial charge on any atom is -0.332 e. The maximum Gasteiger partial charge on any atom is 0.254 e. The minimum absolute atomic E-state index is 0.107. The van der Waals surface area contributed by atoms with Crippen LogP contribution in [0.3, 0.4) is 0 Å². The first-order valence-corrected chi connectivity index (χ1v) is 8.65. The van der Waals surface area contributed by atoms with Gasteiger partial charge in [-0.1, -0.05) is 23.2 Å². The van der Waals surface area contributed by atoms with Gasteiger partial charge < -0.3 is 10.2 Å². The summed E-state index contributed by atoms with van der Waals surface area (Å²) >= 11 is 11.8. The van der Waals surface area contributed by atoms with Crippen molar-refractivity contribution in [3.05, 3.63) is 70.7 Å². The zero-order valence-electron chi connectivity index (χ0n) is 14.3. The van der Waals surface area contributed by atoms with Crippen LogP contribution in [0.15, 0.2) is 55.1 Å². The normalized spacial score (nSPS) is 10.5. The summed E-state index contributed by atoms with van der Waals surface area (Å²) in [5, 5.41) is 7.45. The molecule has 3 rings (SSSR count). The number of hydrogen-bond donors (Lipinski definition) is 1. The molecule has 0 aliphatic heterocycles. The van der Waals surface area contributed by atoms with E-state index in [9.17, 15) is 9.59 Å². The molecule has 0 spiro atoms. The molecule has 0 fully saturated rings. The first-order chi connectivity index (χ1) is 12.9. The molecule has 138 valence electrons. The van der Waals surface area contributed by atoms with E-state index in [1.54, 1.807) is 60.5 Å². The summed E-state index contributed by atoms with van der Waals surface area (Å²) in [7, 11) is 1.56. The molecule has 9 heteroatoms. The van der Waals surface area contributed by atoms with Crippen LogP contribution in [0.1, 0.15) is 10.4 Å². The smallest absolute Gasteiger partial charge is 0.254 e. The Morgan fingerprint density at radius 2 is 1.85 bits per heavy atom. The Labute approximate surface area is 165 Å². The molecule has 1 heterocycles. The van der Waals surface area contributed by atoms with Gasteiger partial charge in [0.2, 0.25) is 5.91 Å². The third-order valence-corrected chi connectivity index (χ3v) is 4.47. The number of rotatable bonds is 5. The van der Waals surface area contributed by atoms with Crippen molar-refractivity contribution >= 4 is 40.7 Å². The summed E-state index contributed by atoms with van der Waals surface area (Å²) in [5.74, 6) is -0.618. The molecule has 0 saturated carbocycles. The highest BCUT2D eigenvalue weighted by Gasteiger charge is 2.15. The van der Waals surface area contributed by atoms with Crippen LogP contribution >= 0.6 is 23.2 Å². The predicted molar refractivity (Wildman–Crippen MR) is 103 cm³/mol. The third-order valence-electron chi connectivity index (χ3n) is 3.73. The highest BCUT2D eigenvalue weighted by atomic mass is 35.5. The average molecular weight is 404 g/mol. The second-order valence-electron chi connectivity index (χ2n) is 5.73. The molecule has 1 N–H and O–H groups in total. The summed E-state index contributed by atoms with van der Waals surface area (Å²) in [4.78, 5) is 29.9. The topological polar surface area (TPSA) is 80.1 Å². The molecule has 0 saturated heterocycles. The summed E-state index contributed by atoms with van der Waals surface area (Å²) in [6.07, 6.45) is 3.00. The lowest BCUT2D eigenvalue weighted by Crippen LogP contribution is -2.34. The molecule has 0 aliphatic rings. The Balaban J connectivity index is 1.61. The number of amides is 2. The Kier molecular flexibility index (Phi) is 5.73. The highest BCUT2D eigenvalue weighted by Crippen LogP contribution is 2.25. The molecule has 1 aromatic heterocycles. The van der Waals surface area contributed by atoms with E-state index in [-0.39, 0.29) is 18.4 Å². The van der Waals surface area contributed by atoms with Crippen LogP contribution in [0.4, 0.5) is 5.69 Å². The van der Waals surface area contributed by atoms with Crippen molar-refractivity contribution in [2.75, 3.05) is 18.9 Å². The molecule has 2 amide bonds. The van der Waals surface area contributed by atoms with Crippen molar-refractivity contribution < 1.29 is 9.59 Å². The molecule has 0 bridgehead atoms. The zero-order valence-corrected chi connectivity index (χ0v) is 15.8. The second-order valence-corrected chi connectivity index (χ2v) is 6.54. The fourth-order valence-electron chi connectivity index (χ4n) is 2.38. The number of nitrogens with one attached hydrogen (secondary N) is 1. The van der Waals surface area contributed by atoms with Gasteiger partial charge in [0.25, 0.3) is 5.91 Å². The van der Waals surface area contributed by atoms with Gasteiger partial charge in [-0.15, -0.1) is 0 Å². The molecule has 3 aromatic rings. The SMILES string of the molecule is CN(CC(=O)Nc1ccc(Cl)c(Cl)c1)C(=O)c1ccc(-n2cncn2)cc1. The van der Waals surface area contributed by atoms with E-state index in [1.807, 2.05) is 0 Å². The van der Waals surface area contributed by atoms with Gasteiger partial charge in [-0.2, -0.15) is 5.10 Å². The maximum absolute atomic E-state index is 12.5. The summed E-state index contributed by atoms with van der Waals surface area (Å²) in [6.45, 7) is -0.107. The van der Waals surface area contributed by atoms with E-state index in [0.717, 1.165) is 5.69 Å². The van der Waals surface area contributed by atoms with Crippen LogP contribution in [-0.2, 0) is 4.79 Å². The third kappa shape index (κ3) is 4.64. The van der Waals surface area contributed by atoms with Crippen LogP contribution in [0, 0.1) is 0 Å². The monoisotopic (exact) mass is 403 g/mol. The minimum atomic E-state index is -0.344. The van der Waals surface area contributed by atoms with E-state index >= 15 is 0 Å². The van der Waals surface area contributed by atoms with Gasteiger partial charge in [-0.25, -0.2) is 9.67 Å². The van der Waals surface area contributed by atoms with Crippen LogP contribution in [0.2, 0.25) is 10.0 Å². The van der Waals surface area contributed by atoms with Crippen molar-refractivity contribution in [1.82, 2.24) is 19.7 Å². The number of aromatic nitrogens is 3. The van der Waals surface area contributed by atoms with Gasteiger partial charge in [0.1, 0.15) is 12.7 Å². The number of halogens is 2. The van der Waals surface area contributed by atoms with Gasteiger partial charge in [0, 0.05) is 18.3 Å². The van der Waals surface area contributed by atoms with Gasteiger partial charge in [-0.05, 0) is 42.5 Å². The number of likely N-dealkylation sites (N-methyl/N-ethyl adjacent to an activating group) is 1. The summed E-state index contributed by atoms with van der Waals surface area (Å²) in [6, 6.07) is 11.6. The largest absolute Gasteiger partial charge is 0.332 e. The van der Waals surface area contributed by atoms with Crippen LogP contribution in [0.25, 0.3) is 5.69 Å². The van der Waals surface area contributed by atoms with E-state index in [4.69, 9.17) is 23.2 Å². The van der Waals surface area contributed by atoms with Crippen LogP contribution in [0.5, 0.6) is 0 Å². The van der Waals surface area contributed by atoms with Crippen molar-refractivity contribution in [3.8, 4) is 5.69 Å². The molecule has 0 radical (unpaired) electrons. The Morgan fingerprint density at radius 3 is 2.48 bits per heavy atom. The molecular weight excluding hydrogens is 389 g/mol. The van der Waals surface area contributed by atoms with Crippen molar-refractivity contribution in [2.24, 2.45) is 0 Å². The summed E-state index contributed by atoms with van der Waals surface area (Å²) in [5.41, 5.74) is 1.75. The van der Waals surface area contributed by atoms with Crippen molar-refractivity contribution in [2.45, 2.75) is 0 Å². The average Bonchev–Trinajstić information content (AvgIpc) is 3.19. The van der Waals surface area contributed by atoms with E-state index in [1.165, 1.54) is 11.2 Å². The molecule has 27 heavy (non-hydrogen) atoms. The predicted octanol–water partition coefficient (Wildman–Crippen LogP) is 3.28. The van der Waals surface area contributed by atoms with Crippen molar-refractivity contribution in [3.63, 3.8) is 0 Å². The Morgan fingerprint density at radius 1 is 1.11 bits per heavy atom. The lowest BCUT2D eigenvalue weighted by Gasteiger charge is -2.17. The fourth-order valence-corrected chi connectivity index (χ4v) is 2.68. The molecule has 2 aromatic carbocycles. The highest BCUT2D eigenvalue weighted by molar-refractivity contribution is 6.42. The molecule has 0 atom stereocenters. The lowest BCUT2D eigenvalue weighted by molar-refractivity contribution is -0.116. The molecular formula is C18H15Cl2N5O2. The van der Waals surface area contributed by atoms with Gasteiger partial charge in [0.05, 0.1) is 22.3 Å². The van der Waals surface area contributed by atoms with Crippen molar-refractivity contribution in [1.29, 1.82) is 0 Å². The number of carbonyl (C=O) groups excluding carboxylic acids is 2. The fraction of sp³-hybridized carbons (Fsp3) is 0.111. The molecule has 0 unspecified atom stereocenters. The number of carbonyl (C=O) groups is 2. The number of nitrogens with zero attached hydrogens (tertiary/aromatic N) is 4. The quantitative estimate of drug-likeness (QED) is 0.708. The first kappa shape index (κ1) is 18.9. The first-order valence-electron chi connectivity index (χ1n) is 7.89. The van der Waals surface area contributed by atoms with E-state index < -0.39 is 0 Å². The molecule has 0 aliphatic carbocycles.